The maximum Gasteiger partial charge on any atom is 0.257 e. The highest BCUT2D eigenvalue weighted by atomic mass is 32.1. The van der Waals surface area contributed by atoms with Gasteiger partial charge in [0, 0.05) is 16.8 Å². The van der Waals surface area contributed by atoms with Crippen LogP contribution in [0, 0.1) is 17.3 Å². The lowest BCUT2D eigenvalue weighted by atomic mass is 9.77. The number of hydrogen-bond donors (Lipinski definition) is 2. The maximum atomic E-state index is 12.9. The quantitative estimate of drug-likeness (QED) is 0.505. The summed E-state index contributed by atoms with van der Waals surface area (Å²) in [5.41, 5.74) is 1.69. The topological polar surface area (TPSA) is 93.2 Å². The van der Waals surface area contributed by atoms with E-state index in [4.69, 9.17) is 4.74 Å². The summed E-state index contributed by atoms with van der Waals surface area (Å²) in [6, 6.07) is 14.4. The van der Waals surface area contributed by atoms with E-state index in [0.29, 0.717) is 33.2 Å². The number of amides is 2. The second kappa shape index (κ2) is 8.44. The second-order valence-corrected chi connectivity index (χ2v) is 9.71. The molecule has 8 heteroatoms. The average molecular weight is 461 g/mol. The number of carbonyl (C=O) groups excluding carboxylic acids is 2. The minimum Gasteiger partial charge on any atom is -0.497 e. The zero-order valence-corrected chi connectivity index (χ0v) is 19.2. The van der Waals surface area contributed by atoms with Crippen molar-refractivity contribution in [2.45, 2.75) is 19.8 Å². The van der Waals surface area contributed by atoms with Gasteiger partial charge in [0.15, 0.2) is 0 Å². The summed E-state index contributed by atoms with van der Waals surface area (Å²) >= 11 is 1.30. The largest absolute Gasteiger partial charge is 0.497 e. The number of anilines is 2. The number of hydrogen-bond acceptors (Lipinski definition) is 6. The third-order valence-corrected chi connectivity index (χ3v) is 7.47. The molecule has 1 aromatic heterocycles. The van der Waals surface area contributed by atoms with Crippen LogP contribution in [0.4, 0.5) is 10.8 Å². The lowest BCUT2D eigenvalue weighted by molar-refractivity contribution is -0.126. The number of nitrogens with one attached hydrogen (secondary N) is 2. The van der Waals surface area contributed by atoms with Crippen molar-refractivity contribution in [1.29, 1.82) is 0 Å². The molecule has 33 heavy (non-hydrogen) atoms. The first-order chi connectivity index (χ1) is 15.9. The van der Waals surface area contributed by atoms with E-state index in [-0.39, 0.29) is 17.2 Å². The Morgan fingerprint density at radius 3 is 2.42 bits per heavy atom. The Labute approximate surface area is 195 Å². The fourth-order valence-electron chi connectivity index (χ4n) is 4.63. The van der Waals surface area contributed by atoms with E-state index >= 15 is 0 Å². The number of nitrogens with zero attached hydrogens (tertiary/aromatic N) is 2. The summed E-state index contributed by atoms with van der Waals surface area (Å²) in [4.78, 5) is 25.5. The number of fused-ring (bicyclic) bond motifs is 2. The summed E-state index contributed by atoms with van der Waals surface area (Å²) in [7, 11) is 1.62. The van der Waals surface area contributed by atoms with Gasteiger partial charge in [-0.25, -0.2) is 0 Å². The first-order valence-corrected chi connectivity index (χ1v) is 11.7. The van der Waals surface area contributed by atoms with Crippen molar-refractivity contribution < 1.29 is 14.3 Å². The van der Waals surface area contributed by atoms with Gasteiger partial charge in [-0.2, -0.15) is 0 Å². The fraction of sp³-hybridized carbons (Fsp3) is 0.280. The monoisotopic (exact) mass is 460 g/mol. The Morgan fingerprint density at radius 2 is 1.79 bits per heavy atom. The van der Waals surface area contributed by atoms with Gasteiger partial charge >= 0.3 is 0 Å². The van der Waals surface area contributed by atoms with Crippen molar-refractivity contribution in [2.75, 3.05) is 17.7 Å². The highest BCUT2D eigenvalue weighted by Crippen LogP contribution is 2.52. The van der Waals surface area contributed by atoms with Crippen molar-refractivity contribution in [1.82, 2.24) is 10.2 Å². The first kappa shape index (κ1) is 21.3. The smallest absolute Gasteiger partial charge is 0.257 e. The highest BCUT2D eigenvalue weighted by molar-refractivity contribution is 7.18. The second-order valence-electron chi connectivity index (χ2n) is 8.74. The zero-order valence-electron chi connectivity index (χ0n) is 18.4. The van der Waals surface area contributed by atoms with Crippen LogP contribution in [-0.4, -0.2) is 29.1 Å². The number of ether oxygens (including phenoxy) is 1. The van der Waals surface area contributed by atoms with Gasteiger partial charge in [0.2, 0.25) is 11.0 Å². The highest BCUT2D eigenvalue weighted by Gasteiger charge is 2.49. The van der Waals surface area contributed by atoms with Gasteiger partial charge in [0.1, 0.15) is 10.8 Å². The first-order valence-electron chi connectivity index (χ1n) is 10.8. The van der Waals surface area contributed by atoms with E-state index in [2.05, 4.69) is 33.0 Å². The molecule has 0 unspecified atom stereocenters. The van der Waals surface area contributed by atoms with Gasteiger partial charge in [0.25, 0.3) is 5.91 Å². The van der Waals surface area contributed by atoms with Gasteiger partial charge in [-0.05, 0) is 73.2 Å². The van der Waals surface area contributed by atoms with Crippen LogP contribution in [0.5, 0.6) is 5.75 Å². The minimum absolute atomic E-state index is 0.0384. The number of allylic oxidation sites excluding steroid dienone is 2. The summed E-state index contributed by atoms with van der Waals surface area (Å²) in [6.45, 7) is 2.04. The molecule has 3 atom stereocenters. The van der Waals surface area contributed by atoms with E-state index in [1.807, 2.05) is 31.2 Å². The van der Waals surface area contributed by atoms with Crippen LogP contribution in [0.1, 0.15) is 30.1 Å². The predicted octanol–water partition coefficient (Wildman–Crippen LogP) is 5.01. The maximum absolute atomic E-state index is 12.9. The van der Waals surface area contributed by atoms with Crippen molar-refractivity contribution in [3.05, 3.63) is 66.2 Å². The molecular weight excluding hydrogens is 436 g/mol. The molecule has 2 bridgehead atoms. The molecule has 0 saturated heterocycles. The third-order valence-electron chi connectivity index (χ3n) is 6.58. The molecule has 7 nitrogen and oxygen atoms in total. The molecule has 2 aliphatic carbocycles. The number of benzene rings is 2. The Morgan fingerprint density at radius 1 is 1.03 bits per heavy atom. The Kier molecular flexibility index (Phi) is 5.46. The standard InChI is InChI=1S/C25H24N4O3S/c1-25(14-15-3-8-18(25)13-15)23(31)26-19-9-4-16(5-10-19)21(30)27-24-29-28-22(33-24)17-6-11-20(32-2)12-7-17/h3-12,15,18H,13-14H2,1-2H3,(H,26,31)(H,27,29,30)/t15-,18-,25-/m0/s1. The summed E-state index contributed by atoms with van der Waals surface area (Å²) < 4.78 is 5.17. The summed E-state index contributed by atoms with van der Waals surface area (Å²) in [5, 5.41) is 15.2. The predicted molar refractivity (Wildman–Crippen MR) is 128 cm³/mol. The molecule has 5 rings (SSSR count). The van der Waals surface area contributed by atoms with Crippen LogP contribution in [0.3, 0.4) is 0 Å². The lowest BCUT2D eigenvalue weighted by Gasteiger charge is -2.29. The Balaban J connectivity index is 1.21. The molecule has 2 N–H and O–H groups in total. The van der Waals surface area contributed by atoms with Gasteiger partial charge in [-0.3, -0.25) is 14.9 Å². The molecular formula is C25H24N4O3S. The van der Waals surface area contributed by atoms with Gasteiger partial charge in [-0.15, -0.1) is 10.2 Å². The van der Waals surface area contributed by atoms with Crippen LogP contribution in [0.15, 0.2) is 60.7 Å². The molecule has 0 radical (unpaired) electrons. The molecule has 3 aromatic rings. The molecule has 168 valence electrons. The number of carbonyl (C=O) groups is 2. The van der Waals surface area contributed by atoms with Crippen molar-refractivity contribution in [3.8, 4) is 16.3 Å². The van der Waals surface area contributed by atoms with E-state index < -0.39 is 0 Å². The van der Waals surface area contributed by atoms with Gasteiger partial charge in [0.05, 0.1) is 12.5 Å². The molecule has 0 aliphatic heterocycles. The van der Waals surface area contributed by atoms with Crippen LogP contribution >= 0.6 is 11.3 Å². The zero-order chi connectivity index (χ0) is 23.0. The number of aromatic nitrogens is 2. The number of rotatable bonds is 6. The SMILES string of the molecule is COc1ccc(-c2nnc(NC(=O)c3ccc(NC(=O)[C@@]4(C)C[C@H]5C=C[C@H]4C5)cc3)s2)cc1. The Hall–Kier alpha value is -3.52. The Bertz CT molecular complexity index is 1220. The molecule has 2 aromatic carbocycles. The van der Waals surface area contributed by atoms with Crippen molar-refractivity contribution in [2.24, 2.45) is 17.3 Å². The van der Waals surface area contributed by atoms with Crippen molar-refractivity contribution in [3.63, 3.8) is 0 Å². The summed E-state index contributed by atoms with van der Waals surface area (Å²) in [6.07, 6.45) is 6.36. The van der Waals surface area contributed by atoms with E-state index in [1.54, 1.807) is 31.4 Å². The molecule has 2 aliphatic rings. The van der Waals surface area contributed by atoms with Crippen LogP contribution in [0.2, 0.25) is 0 Å². The van der Waals surface area contributed by atoms with E-state index in [9.17, 15) is 9.59 Å². The minimum atomic E-state index is -0.366. The molecule has 1 heterocycles. The molecule has 1 fully saturated rings. The molecule has 2 amide bonds. The molecule has 1 saturated carbocycles. The van der Waals surface area contributed by atoms with Crippen molar-refractivity contribution >= 4 is 34.0 Å². The summed E-state index contributed by atoms with van der Waals surface area (Å²) in [5.74, 6) is 1.34. The van der Waals surface area contributed by atoms with E-state index in [1.165, 1.54) is 11.3 Å². The van der Waals surface area contributed by atoms with Crippen LogP contribution < -0.4 is 15.4 Å². The lowest BCUT2D eigenvalue weighted by Crippen LogP contribution is -2.36. The van der Waals surface area contributed by atoms with Crippen LogP contribution in [-0.2, 0) is 4.79 Å². The number of methoxy groups -OCH3 is 1. The normalized spacial score (nSPS) is 22.8. The van der Waals surface area contributed by atoms with Gasteiger partial charge < -0.3 is 10.1 Å². The molecule has 0 spiro atoms. The fourth-order valence-corrected chi connectivity index (χ4v) is 5.37. The van der Waals surface area contributed by atoms with E-state index in [0.717, 1.165) is 24.2 Å². The average Bonchev–Trinajstić information content (AvgIpc) is 3.56. The van der Waals surface area contributed by atoms with Gasteiger partial charge in [-0.1, -0.05) is 30.4 Å². The van der Waals surface area contributed by atoms with Crippen LogP contribution in [0.25, 0.3) is 10.6 Å². The third kappa shape index (κ3) is 4.14.